The Morgan fingerprint density at radius 1 is 0.561 bits per heavy atom. The van der Waals surface area contributed by atoms with Gasteiger partial charge in [0.1, 0.15) is 24.9 Å². The van der Waals surface area contributed by atoms with Gasteiger partial charge in [0.25, 0.3) is 0 Å². The van der Waals surface area contributed by atoms with Crippen LogP contribution in [0.25, 0.3) is 0 Å². The van der Waals surface area contributed by atoms with Gasteiger partial charge in [-0.05, 0) is 22.3 Å². The van der Waals surface area contributed by atoms with Crippen molar-refractivity contribution in [3.63, 3.8) is 0 Å². The largest absolute Gasteiger partial charge is 0.459 e. The van der Waals surface area contributed by atoms with Gasteiger partial charge in [-0.1, -0.05) is 121 Å². The van der Waals surface area contributed by atoms with Crippen molar-refractivity contribution in [1.29, 1.82) is 0 Å². The minimum Gasteiger partial charge on any atom is -0.459 e. The van der Waals surface area contributed by atoms with Gasteiger partial charge < -0.3 is 28.8 Å². The molecule has 4 aromatic rings. The number of aliphatic hydroxyl groups excluding tert-OH is 1. The summed E-state index contributed by atoms with van der Waals surface area (Å²) in [7, 11) is 0. The first-order valence-corrected chi connectivity index (χ1v) is 13.4. The molecular formula is C34H34O7. The molecule has 0 bridgehead atoms. The van der Waals surface area contributed by atoms with Crippen LogP contribution in [-0.4, -0.2) is 41.8 Å². The molecule has 4 atom stereocenters. The minimum absolute atomic E-state index is 0.0285. The van der Waals surface area contributed by atoms with Crippen LogP contribution in [0.15, 0.2) is 121 Å². The average molecular weight is 555 g/mol. The van der Waals surface area contributed by atoms with Crippen LogP contribution in [-0.2, 0) is 55.0 Å². The molecule has 41 heavy (non-hydrogen) atoms. The van der Waals surface area contributed by atoms with Crippen LogP contribution in [0, 0.1) is 0 Å². The van der Waals surface area contributed by atoms with E-state index in [9.17, 15) is 14.7 Å². The third-order valence-electron chi connectivity index (χ3n) is 6.41. The Balaban J connectivity index is 1.58. The summed E-state index contributed by atoms with van der Waals surface area (Å²) in [5.74, 6) is -0.895. The molecule has 1 N–H and O–H groups in total. The maximum absolute atomic E-state index is 13.1. The summed E-state index contributed by atoms with van der Waals surface area (Å²) in [5, 5.41) is 11.3. The maximum atomic E-state index is 13.1. The number of aldehydes is 1. The Morgan fingerprint density at radius 2 is 0.927 bits per heavy atom. The number of aliphatic hydroxyl groups is 1. The highest BCUT2D eigenvalue weighted by Gasteiger charge is 2.41. The van der Waals surface area contributed by atoms with Gasteiger partial charge >= 0.3 is 5.97 Å². The lowest BCUT2D eigenvalue weighted by Crippen LogP contribution is -2.52. The lowest BCUT2D eigenvalue weighted by molar-refractivity contribution is -0.193. The molecule has 0 saturated heterocycles. The fourth-order valence-corrected chi connectivity index (χ4v) is 4.20. The third-order valence-corrected chi connectivity index (χ3v) is 6.41. The molecule has 212 valence electrons. The van der Waals surface area contributed by atoms with Gasteiger partial charge in [-0.2, -0.15) is 0 Å². The molecule has 0 amide bonds. The SMILES string of the molecule is O=CC(OCc1ccccc1)C(OCc1ccccc1)C(OCc1ccccc1)C(O)C(=O)OCc1ccccc1. The summed E-state index contributed by atoms with van der Waals surface area (Å²) >= 11 is 0. The second kappa shape index (κ2) is 16.2. The molecule has 0 radical (unpaired) electrons. The molecule has 0 aliphatic heterocycles. The topological polar surface area (TPSA) is 91.3 Å². The van der Waals surface area contributed by atoms with Crippen LogP contribution in [0.1, 0.15) is 22.3 Å². The highest BCUT2D eigenvalue weighted by Crippen LogP contribution is 2.21. The average Bonchev–Trinajstić information content (AvgIpc) is 3.04. The molecule has 0 aliphatic rings. The van der Waals surface area contributed by atoms with Crippen molar-refractivity contribution in [3.05, 3.63) is 144 Å². The molecule has 0 aromatic heterocycles. The summed E-state index contributed by atoms with van der Waals surface area (Å²) in [4.78, 5) is 25.5. The molecule has 0 spiro atoms. The second-order valence-corrected chi connectivity index (χ2v) is 9.46. The van der Waals surface area contributed by atoms with Gasteiger partial charge in [-0.25, -0.2) is 4.79 Å². The monoisotopic (exact) mass is 554 g/mol. The molecule has 4 aromatic carbocycles. The maximum Gasteiger partial charge on any atom is 0.338 e. The number of hydrogen-bond acceptors (Lipinski definition) is 7. The summed E-state index contributed by atoms with van der Waals surface area (Å²) in [6.07, 6.45) is -4.73. The number of carbonyl (C=O) groups excluding carboxylic acids is 2. The number of carbonyl (C=O) groups is 2. The lowest BCUT2D eigenvalue weighted by Gasteiger charge is -2.33. The van der Waals surface area contributed by atoms with Gasteiger partial charge in [-0.3, -0.25) is 0 Å². The van der Waals surface area contributed by atoms with E-state index in [1.165, 1.54) is 0 Å². The summed E-state index contributed by atoms with van der Waals surface area (Å²) in [6.45, 7) is 0.250. The molecule has 7 heteroatoms. The first-order valence-electron chi connectivity index (χ1n) is 13.4. The van der Waals surface area contributed by atoms with E-state index in [1.54, 1.807) is 0 Å². The Kier molecular flexibility index (Phi) is 11.8. The third kappa shape index (κ3) is 9.48. The van der Waals surface area contributed by atoms with Crippen LogP contribution in [0.5, 0.6) is 0 Å². The molecule has 4 unspecified atom stereocenters. The van der Waals surface area contributed by atoms with E-state index < -0.39 is 30.4 Å². The van der Waals surface area contributed by atoms with Crippen molar-refractivity contribution in [2.24, 2.45) is 0 Å². The Hall–Kier alpha value is -4.14. The minimum atomic E-state index is -1.76. The van der Waals surface area contributed by atoms with Crippen LogP contribution >= 0.6 is 0 Å². The number of rotatable bonds is 16. The molecule has 0 saturated carbocycles. The molecular weight excluding hydrogens is 520 g/mol. The normalized spacial score (nSPS) is 14.0. The van der Waals surface area contributed by atoms with Crippen LogP contribution in [0.3, 0.4) is 0 Å². The number of hydrogen-bond donors (Lipinski definition) is 1. The van der Waals surface area contributed by atoms with E-state index in [2.05, 4.69) is 0 Å². The lowest BCUT2D eigenvalue weighted by atomic mass is 10.0. The first kappa shape index (κ1) is 29.8. The Labute approximate surface area is 240 Å². The predicted octanol–water partition coefficient (Wildman–Crippen LogP) is 5.05. The van der Waals surface area contributed by atoms with Gasteiger partial charge in [0.15, 0.2) is 12.4 Å². The molecule has 0 heterocycles. The van der Waals surface area contributed by atoms with Crippen LogP contribution in [0.4, 0.5) is 0 Å². The zero-order chi connectivity index (χ0) is 28.7. The molecule has 4 rings (SSSR count). The smallest absolute Gasteiger partial charge is 0.338 e. The van der Waals surface area contributed by atoms with E-state index >= 15 is 0 Å². The number of esters is 1. The Bertz CT molecular complexity index is 1300. The van der Waals surface area contributed by atoms with Crippen LogP contribution < -0.4 is 0 Å². The fourth-order valence-electron chi connectivity index (χ4n) is 4.20. The molecule has 0 fully saturated rings. The summed E-state index contributed by atoms with van der Waals surface area (Å²) in [5.41, 5.74) is 3.28. The van der Waals surface area contributed by atoms with E-state index in [0.717, 1.165) is 22.3 Å². The van der Waals surface area contributed by atoms with E-state index in [1.807, 2.05) is 121 Å². The summed E-state index contributed by atoms with van der Waals surface area (Å²) < 4.78 is 23.7. The van der Waals surface area contributed by atoms with Gasteiger partial charge in [0.2, 0.25) is 0 Å². The van der Waals surface area contributed by atoms with E-state index in [0.29, 0.717) is 6.29 Å². The van der Waals surface area contributed by atoms with E-state index in [-0.39, 0.29) is 26.4 Å². The molecule has 7 nitrogen and oxygen atoms in total. The standard InChI is InChI=1S/C34H34O7/c35-21-30(38-22-26-13-5-1-6-14-26)32(39-23-27-15-7-2-8-16-27)33(40-24-28-17-9-3-10-18-28)31(36)34(37)41-25-29-19-11-4-12-20-29/h1-21,30-33,36H,22-25H2. The quantitative estimate of drug-likeness (QED) is 0.153. The van der Waals surface area contributed by atoms with Gasteiger partial charge in [0.05, 0.1) is 19.8 Å². The number of benzene rings is 4. The van der Waals surface area contributed by atoms with Crippen LogP contribution in [0.2, 0.25) is 0 Å². The van der Waals surface area contributed by atoms with Crippen molar-refractivity contribution < 1.29 is 33.6 Å². The second-order valence-electron chi connectivity index (χ2n) is 9.46. The Morgan fingerprint density at radius 3 is 1.34 bits per heavy atom. The van der Waals surface area contributed by atoms with Crippen molar-refractivity contribution >= 4 is 12.3 Å². The zero-order valence-electron chi connectivity index (χ0n) is 22.7. The van der Waals surface area contributed by atoms with E-state index in [4.69, 9.17) is 18.9 Å². The highest BCUT2D eigenvalue weighted by molar-refractivity contribution is 5.75. The van der Waals surface area contributed by atoms with Crippen molar-refractivity contribution in [3.8, 4) is 0 Å². The zero-order valence-corrected chi connectivity index (χ0v) is 22.7. The van der Waals surface area contributed by atoms with Gasteiger partial charge in [-0.15, -0.1) is 0 Å². The summed E-state index contributed by atoms with van der Waals surface area (Å²) in [6, 6.07) is 37.2. The van der Waals surface area contributed by atoms with Gasteiger partial charge in [0, 0.05) is 0 Å². The van der Waals surface area contributed by atoms with Crippen molar-refractivity contribution in [2.45, 2.75) is 50.8 Å². The first-order chi connectivity index (χ1) is 20.1. The van der Waals surface area contributed by atoms with Crippen molar-refractivity contribution in [1.82, 2.24) is 0 Å². The number of ether oxygens (including phenoxy) is 4. The fraction of sp³-hybridized carbons (Fsp3) is 0.235. The van der Waals surface area contributed by atoms with Crippen molar-refractivity contribution in [2.75, 3.05) is 0 Å². The highest BCUT2D eigenvalue weighted by atomic mass is 16.6. The molecule has 0 aliphatic carbocycles. The predicted molar refractivity (Wildman–Crippen MR) is 153 cm³/mol.